The Labute approximate surface area is 109 Å². The number of fused-ring (bicyclic) bond motifs is 1. The Morgan fingerprint density at radius 1 is 1.39 bits per heavy atom. The van der Waals surface area contributed by atoms with E-state index in [9.17, 15) is 0 Å². The molecule has 1 aromatic carbocycles. The van der Waals surface area contributed by atoms with E-state index in [0.717, 1.165) is 30.4 Å². The number of nitrogens with one attached hydrogen (secondary N) is 1. The Morgan fingerprint density at radius 2 is 2.17 bits per heavy atom. The maximum absolute atomic E-state index is 6.05. The molecule has 1 N–H and O–H groups in total. The van der Waals surface area contributed by atoms with Gasteiger partial charge in [-0.3, -0.25) is 4.90 Å². The predicted molar refractivity (Wildman–Crippen MR) is 74.2 cm³/mol. The van der Waals surface area contributed by atoms with E-state index >= 15 is 0 Å². The molecule has 0 spiro atoms. The van der Waals surface area contributed by atoms with Crippen LogP contribution in [0.25, 0.3) is 0 Å². The molecular formula is C15H22N2O. The zero-order valence-electron chi connectivity index (χ0n) is 11.2. The second kappa shape index (κ2) is 4.81. The van der Waals surface area contributed by atoms with Crippen LogP contribution in [-0.4, -0.2) is 37.2 Å². The van der Waals surface area contributed by atoms with Crippen molar-refractivity contribution in [2.24, 2.45) is 5.92 Å². The Bertz CT molecular complexity index is 417. The van der Waals surface area contributed by atoms with Crippen molar-refractivity contribution in [2.45, 2.75) is 31.9 Å². The van der Waals surface area contributed by atoms with Crippen LogP contribution in [0.2, 0.25) is 0 Å². The number of likely N-dealkylation sites (N-methyl/N-ethyl adjacent to an activating group) is 1. The van der Waals surface area contributed by atoms with Crippen LogP contribution in [0.4, 0.5) is 5.69 Å². The lowest BCUT2D eigenvalue weighted by atomic mass is 10.1. The Kier molecular flexibility index (Phi) is 3.16. The first-order valence-electron chi connectivity index (χ1n) is 6.94. The SMILES string of the molecule is CC(C1CC1)N(C)CC1CNc2ccccc2O1. The monoisotopic (exact) mass is 246 g/mol. The van der Waals surface area contributed by atoms with Gasteiger partial charge in [-0.05, 0) is 44.9 Å². The van der Waals surface area contributed by atoms with E-state index in [1.807, 2.05) is 18.2 Å². The average Bonchev–Trinajstić information content (AvgIpc) is 3.22. The molecule has 1 aliphatic carbocycles. The summed E-state index contributed by atoms with van der Waals surface area (Å²) in [5.41, 5.74) is 1.12. The zero-order valence-corrected chi connectivity index (χ0v) is 11.2. The molecule has 1 aromatic rings. The number of hydrogen-bond donors (Lipinski definition) is 1. The smallest absolute Gasteiger partial charge is 0.142 e. The second-order valence-corrected chi connectivity index (χ2v) is 5.63. The first kappa shape index (κ1) is 11.8. The highest BCUT2D eigenvalue weighted by Gasteiger charge is 2.32. The minimum absolute atomic E-state index is 0.256. The molecule has 3 nitrogen and oxygen atoms in total. The number of hydrogen-bond acceptors (Lipinski definition) is 3. The number of rotatable bonds is 4. The molecule has 0 radical (unpaired) electrons. The van der Waals surface area contributed by atoms with Crippen molar-refractivity contribution in [2.75, 3.05) is 25.5 Å². The van der Waals surface area contributed by atoms with Crippen molar-refractivity contribution in [3.8, 4) is 5.75 Å². The predicted octanol–water partition coefficient (Wildman–Crippen LogP) is 2.59. The van der Waals surface area contributed by atoms with Gasteiger partial charge in [-0.2, -0.15) is 0 Å². The van der Waals surface area contributed by atoms with E-state index in [-0.39, 0.29) is 6.10 Å². The summed E-state index contributed by atoms with van der Waals surface area (Å²) in [6, 6.07) is 8.86. The molecule has 1 aliphatic heterocycles. The van der Waals surface area contributed by atoms with Gasteiger partial charge in [0.1, 0.15) is 11.9 Å². The second-order valence-electron chi connectivity index (χ2n) is 5.63. The van der Waals surface area contributed by atoms with Gasteiger partial charge in [-0.25, -0.2) is 0 Å². The molecule has 0 saturated heterocycles. The van der Waals surface area contributed by atoms with Gasteiger partial charge < -0.3 is 10.1 Å². The fourth-order valence-electron chi connectivity index (χ4n) is 2.69. The zero-order chi connectivity index (χ0) is 12.5. The first-order chi connectivity index (χ1) is 8.74. The van der Waals surface area contributed by atoms with E-state index in [2.05, 4.69) is 30.3 Å². The van der Waals surface area contributed by atoms with Crippen molar-refractivity contribution in [1.29, 1.82) is 0 Å². The lowest BCUT2D eigenvalue weighted by molar-refractivity contribution is 0.123. The maximum Gasteiger partial charge on any atom is 0.142 e. The third kappa shape index (κ3) is 2.46. The average molecular weight is 246 g/mol. The Hall–Kier alpha value is -1.22. The summed E-state index contributed by atoms with van der Waals surface area (Å²) >= 11 is 0. The molecule has 2 atom stereocenters. The highest BCUT2D eigenvalue weighted by atomic mass is 16.5. The molecule has 3 rings (SSSR count). The Morgan fingerprint density at radius 3 is 2.94 bits per heavy atom. The van der Waals surface area contributed by atoms with Gasteiger partial charge in [-0.1, -0.05) is 12.1 Å². The van der Waals surface area contributed by atoms with Gasteiger partial charge in [0, 0.05) is 12.6 Å². The Balaban J connectivity index is 1.58. The molecule has 1 saturated carbocycles. The van der Waals surface area contributed by atoms with Gasteiger partial charge in [0.2, 0.25) is 0 Å². The van der Waals surface area contributed by atoms with Crippen LogP contribution >= 0.6 is 0 Å². The summed E-state index contributed by atoms with van der Waals surface area (Å²) in [4.78, 5) is 2.44. The fraction of sp³-hybridized carbons (Fsp3) is 0.600. The highest BCUT2D eigenvalue weighted by molar-refractivity contribution is 5.57. The molecule has 98 valence electrons. The van der Waals surface area contributed by atoms with Crippen LogP contribution in [0.3, 0.4) is 0 Å². The van der Waals surface area contributed by atoms with Crippen LogP contribution in [0, 0.1) is 5.92 Å². The molecular weight excluding hydrogens is 224 g/mol. The molecule has 0 bridgehead atoms. The quantitative estimate of drug-likeness (QED) is 0.883. The van der Waals surface area contributed by atoms with Gasteiger partial charge in [0.25, 0.3) is 0 Å². The molecule has 1 fully saturated rings. The van der Waals surface area contributed by atoms with Crippen molar-refractivity contribution >= 4 is 5.69 Å². The summed E-state index contributed by atoms with van der Waals surface area (Å²) in [7, 11) is 2.22. The summed E-state index contributed by atoms with van der Waals surface area (Å²) < 4.78 is 6.05. The van der Waals surface area contributed by atoms with E-state index in [4.69, 9.17) is 4.74 Å². The molecule has 0 aromatic heterocycles. The van der Waals surface area contributed by atoms with Crippen LogP contribution in [0.1, 0.15) is 19.8 Å². The summed E-state index contributed by atoms with van der Waals surface area (Å²) in [5, 5.41) is 3.45. The van der Waals surface area contributed by atoms with E-state index in [1.165, 1.54) is 12.8 Å². The van der Waals surface area contributed by atoms with Crippen LogP contribution in [-0.2, 0) is 0 Å². The molecule has 2 aliphatic rings. The lowest BCUT2D eigenvalue weighted by Gasteiger charge is -2.33. The standard InChI is InChI=1S/C15H22N2O/c1-11(12-7-8-12)17(2)10-13-9-16-14-5-3-4-6-15(14)18-13/h3-6,11-13,16H,7-10H2,1-2H3. The number of anilines is 1. The van der Waals surface area contributed by atoms with Crippen molar-refractivity contribution in [3.63, 3.8) is 0 Å². The molecule has 18 heavy (non-hydrogen) atoms. The molecule has 1 heterocycles. The third-order valence-electron chi connectivity index (χ3n) is 4.19. The first-order valence-corrected chi connectivity index (χ1v) is 6.94. The normalized spacial score (nSPS) is 24.1. The highest BCUT2D eigenvalue weighted by Crippen LogP contribution is 2.35. The summed E-state index contributed by atoms with van der Waals surface area (Å²) in [5.74, 6) is 1.90. The van der Waals surface area contributed by atoms with E-state index in [1.54, 1.807) is 0 Å². The number of ether oxygens (including phenoxy) is 1. The summed E-state index contributed by atoms with van der Waals surface area (Å²) in [6.45, 7) is 4.24. The summed E-state index contributed by atoms with van der Waals surface area (Å²) in [6.07, 6.45) is 3.06. The van der Waals surface area contributed by atoms with Gasteiger partial charge >= 0.3 is 0 Å². The van der Waals surface area contributed by atoms with Gasteiger partial charge in [-0.15, -0.1) is 0 Å². The fourth-order valence-corrected chi connectivity index (χ4v) is 2.69. The molecule has 2 unspecified atom stereocenters. The minimum Gasteiger partial charge on any atom is -0.485 e. The van der Waals surface area contributed by atoms with Gasteiger partial charge in [0.15, 0.2) is 0 Å². The van der Waals surface area contributed by atoms with E-state index in [0.29, 0.717) is 6.04 Å². The number of benzene rings is 1. The maximum atomic E-state index is 6.05. The van der Waals surface area contributed by atoms with Crippen molar-refractivity contribution in [3.05, 3.63) is 24.3 Å². The van der Waals surface area contributed by atoms with Crippen LogP contribution < -0.4 is 10.1 Å². The largest absolute Gasteiger partial charge is 0.485 e. The van der Waals surface area contributed by atoms with Crippen LogP contribution in [0.5, 0.6) is 5.75 Å². The van der Waals surface area contributed by atoms with Crippen LogP contribution in [0.15, 0.2) is 24.3 Å². The van der Waals surface area contributed by atoms with Crippen molar-refractivity contribution in [1.82, 2.24) is 4.90 Å². The third-order valence-corrected chi connectivity index (χ3v) is 4.19. The minimum atomic E-state index is 0.256. The van der Waals surface area contributed by atoms with Crippen molar-refractivity contribution < 1.29 is 4.74 Å². The number of nitrogens with zero attached hydrogens (tertiary/aromatic N) is 1. The van der Waals surface area contributed by atoms with Gasteiger partial charge in [0.05, 0.1) is 12.2 Å². The molecule has 0 amide bonds. The number of para-hydroxylation sites is 2. The van der Waals surface area contributed by atoms with E-state index < -0.39 is 0 Å². The lowest BCUT2D eigenvalue weighted by Crippen LogP contribution is -2.43. The topological polar surface area (TPSA) is 24.5 Å². The molecule has 3 heteroatoms.